The van der Waals surface area contributed by atoms with Crippen molar-refractivity contribution in [2.75, 3.05) is 0 Å². The molecule has 0 heteroatoms. The first kappa shape index (κ1) is 11.3. The maximum Gasteiger partial charge on any atom is 0.0364 e. The van der Waals surface area contributed by atoms with Crippen LogP contribution in [-0.2, 0) is 5.41 Å². The van der Waals surface area contributed by atoms with E-state index in [9.17, 15) is 0 Å². The van der Waals surface area contributed by atoms with E-state index in [1.807, 2.05) is 0 Å². The van der Waals surface area contributed by atoms with Gasteiger partial charge in [0, 0.05) is 5.41 Å². The molecule has 0 saturated heterocycles. The van der Waals surface area contributed by atoms with Crippen molar-refractivity contribution >= 4 is 5.57 Å². The van der Waals surface area contributed by atoms with Crippen LogP contribution in [0.3, 0.4) is 0 Å². The molecule has 0 N–H and O–H groups in total. The van der Waals surface area contributed by atoms with E-state index in [1.54, 1.807) is 5.57 Å². The third-order valence-electron chi connectivity index (χ3n) is 4.96. The third kappa shape index (κ3) is 1.40. The molecule has 0 fully saturated rings. The molecule has 1 spiro atoms. The van der Waals surface area contributed by atoms with Crippen LogP contribution < -0.4 is 0 Å². The molecule has 1 unspecified atom stereocenters. The lowest BCUT2D eigenvalue weighted by molar-refractivity contribution is 0.396. The largest absolute Gasteiger partial charge is 0.0836 e. The normalized spacial score (nSPS) is 30.0. The van der Waals surface area contributed by atoms with Gasteiger partial charge >= 0.3 is 0 Å². The van der Waals surface area contributed by atoms with Crippen LogP contribution in [0, 0.1) is 5.41 Å². The van der Waals surface area contributed by atoms with Gasteiger partial charge in [-0.1, -0.05) is 62.4 Å². The summed E-state index contributed by atoms with van der Waals surface area (Å²) in [6.45, 7) is 4.72. The van der Waals surface area contributed by atoms with Crippen LogP contribution in [0.4, 0.5) is 0 Å². The lowest BCUT2D eigenvalue weighted by Crippen LogP contribution is -2.25. The monoisotopic (exact) mass is 248 g/mol. The fourth-order valence-corrected chi connectivity index (χ4v) is 4.25. The fraction of sp³-hybridized carbons (Fsp3) is 0.368. The first-order chi connectivity index (χ1) is 9.12. The van der Waals surface area contributed by atoms with E-state index in [1.165, 1.54) is 36.0 Å². The Kier molecular flexibility index (Phi) is 2.08. The van der Waals surface area contributed by atoms with Crippen molar-refractivity contribution in [2.24, 2.45) is 5.41 Å². The van der Waals surface area contributed by atoms with Gasteiger partial charge < -0.3 is 0 Å². The SMILES string of the molecule is CC1(C)C=CC2(C1)C1=C(C=CCC1)c1ccccc12. The van der Waals surface area contributed by atoms with Crippen molar-refractivity contribution in [1.29, 1.82) is 0 Å². The van der Waals surface area contributed by atoms with Gasteiger partial charge in [-0.15, -0.1) is 0 Å². The molecular weight excluding hydrogens is 228 g/mol. The molecule has 4 rings (SSSR count). The Bertz CT molecular complexity index is 640. The lowest BCUT2D eigenvalue weighted by Gasteiger charge is -2.32. The molecule has 96 valence electrons. The highest BCUT2D eigenvalue weighted by atomic mass is 14.5. The average Bonchev–Trinajstić information content (AvgIpc) is 2.89. The summed E-state index contributed by atoms with van der Waals surface area (Å²) in [5, 5.41) is 0. The summed E-state index contributed by atoms with van der Waals surface area (Å²) < 4.78 is 0. The second kappa shape index (κ2) is 3.50. The van der Waals surface area contributed by atoms with E-state index in [4.69, 9.17) is 0 Å². The zero-order valence-corrected chi connectivity index (χ0v) is 11.7. The summed E-state index contributed by atoms with van der Waals surface area (Å²) in [6.07, 6.45) is 13.3. The van der Waals surface area contributed by atoms with Gasteiger partial charge in [0.25, 0.3) is 0 Å². The van der Waals surface area contributed by atoms with Crippen LogP contribution >= 0.6 is 0 Å². The van der Waals surface area contributed by atoms with Crippen molar-refractivity contribution < 1.29 is 0 Å². The number of allylic oxidation sites excluding steroid dienone is 6. The Hall–Kier alpha value is -1.56. The minimum absolute atomic E-state index is 0.195. The van der Waals surface area contributed by atoms with Gasteiger partial charge in [-0.3, -0.25) is 0 Å². The molecule has 0 bridgehead atoms. The van der Waals surface area contributed by atoms with Crippen molar-refractivity contribution in [2.45, 2.75) is 38.5 Å². The van der Waals surface area contributed by atoms with Gasteiger partial charge in [0.15, 0.2) is 0 Å². The lowest BCUT2D eigenvalue weighted by atomic mass is 9.71. The van der Waals surface area contributed by atoms with E-state index in [0.29, 0.717) is 5.41 Å². The highest BCUT2D eigenvalue weighted by molar-refractivity contribution is 5.88. The van der Waals surface area contributed by atoms with Crippen LogP contribution in [0.15, 0.2) is 54.1 Å². The summed E-state index contributed by atoms with van der Waals surface area (Å²) in [4.78, 5) is 0. The van der Waals surface area contributed by atoms with E-state index in [0.717, 1.165) is 0 Å². The van der Waals surface area contributed by atoms with Gasteiger partial charge in [-0.05, 0) is 47.0 Å². The van der Waals surface area contributed by atoms with Crippen LogP contribution in [-0.4, -0.2) is 0 Å². The van der Waals surface area contributed by atoms with Crippen molar-refractivity contribution in [3.8, 4) is 0 Å². The standard InChI is InChI=1S/C19H20/c1-18(2)11-12-19(13-18)16-9-5-3-7-14(16)15-8-4-6-10-17(15)19/h3-5,7-9,11-12H,6,10,13H2,1-2H3. The van der Waals surface area contributed by atoms with Crippen molar-refractivity contribution in [1.82, 2.24) is 0 Å². The Labute approximate surface area is 115 Å². The Morgan fingerprint density at radius 1 is 1.05 bits per heavy atom. The molecule has 0 heterocycles. The molecule has 1 aromatic rings. The maximum atomic E-state index is 2.49. The first-order valence-electron chi connectivity index (χ1n) is 7.33. The number of benzene rings is 1. The molecule has 0 radical (unpaired) electrons. The second-order valence-corrected chi connectivity index (χ2v) is 6.85. The molecule has 0 aromatic heterocycles. The Morgan fingerprint density at radius 2 is 1.89 bits per heavy atom. The van der Waals surface area contributed by atoms with E-state index in [-0.39, 0.29) is 5.41 Å². The van der Waals surface area contributed by atoms with Crippen molar-refractivity contribution in [3.63, 3.8) is 0 Å². The van der Waals surface area contributed by atoms with Crippen LogP contribution in [0.2, 0.25) is 0 Å². The Balaban J connectivity index is 1.99. The number of hydrogen-bond donors (Lipinski definition) is 0. The second-order valence-electron chi connectivity index (χ2n) is 6.85. The minimum Gasteiger partial charge on any atom is -0.0836 e. The average molecular weight is 248 g/mol. The van der Waals surface area contributed by atoms with Gasteiger partial charge in [-0.25, -0.2) is 0 Å². The predicted octanol–water partition coefficient (Wildman–Crippen LogP) is 5.03. The first-order valence-corrected chi connectivity index (χ1v) is 7.33. The molecular formula is C19H20. The summed E-state index contributed by atoms with van der Waals surface area (Å²) in [6, 6.07) is 9.01. The molecule has 0 saturated carbocycles. The van der Waals surface area contributed by atoms with E-state index < -0.39 is 0 Å². The number of fused-ring (bicyclic) bond motifs is 4. The molecule has 1 atom stereocenters. The van der Waals surface area contributed by atoms with Crippen LogP contribution in [0.5, 0.6) is 0 Å². The van der Waals surface area contributed by atoms with Crippen LogP contribution in [0.1, 0.15) is 44.2 Å². The molecule has 3 aliphatic rings. The van der Waals surface area contributed by atoms with Gasteiger partial charge in [0.1, 0.15) is 0 Å². The van der Waals surface area contributed by atoms with Crippen LogP contribution in [0.25, 0.3) is 5.57 Å². The minimum atomic E-state index is 0.195. The predicted molar refractivity (Wildman–Crippen MR) is 81.0 cm³/mol. The van der Waals surface area contributed by atoms with Crippen molar-refractivity contribution in [3.05, 3.63) is 65.3 Å². The Morgan fingerprint density at radius 3 is 2.68 bits per heavy atom. The number of hydrogen-bond acceptors (Lipinski definition) is 0. The van der Waals surface area contributed by atoms with Gasteiger partial charge in [-0.2, -0.15) is 0 Å². The highest BCUT2D eigenvalue weighted by Gasteiger charge is 2.48. The molecule has 0 amide bonds. The van der Waals surface area contributed by atoms with E-state index in [2.05, 4.69) is 62.4 Å². The third-order valence-corrected chi connectivity index (χ3v) is 4.96. The smallest absolute Gasteiger partial charge is 0.0364 e. The topological polar surface area (TPSA) is 0 Å². The fourth-order valence-electron chi connectivity index (χ4n) is 4.25. The maximum absolute atomic E-state index is 2.49. The number of rotatable bonds is 0. The van der Waals surface area contributed by atoms with Gasteiger partial charge in [0.2, 0.25) is 0 Å². The summed E-state index contributed by atoms with van der Waals surface area (Å²) >= 11 is 0. The molecule has 1 aromatic carbocycles. The molecule has 19 heavy (non-hydrogen) atoms. The molecule has 0 aliphatic heterocycles. The zero-order chi connectivity index (χ0) is 13.1. The summed E-state index contributed by atoms with van der Waals surface area (Å²) in [7, 11) is 0. The summed E-state index contributed by atoms with van der Waals surface area (Å²) in [5.41, 5.74) is 6.68. The van der Waals surface area contributed by atoms with Gasteiger partial charge in [0.05, 0.1) is 0 Å². The zero-order valence-electron chi connectivity index (χ0n) is 11.7. The summed E-state index contributed by atoms with van der Waals surface area (Å²) in [5.74, 6) is 0. The quantitative estimate of drug-likeness (QED) is 0.565. The highest BCUT2D eigenvalue weighted by Crippen LogP contribution is 2.58. The molecule has 3 aliphatic carbocycles. The van der Waals surface area contributed by atoms with E-state index >= 15 is 0 Å². The molecule has 0 nitrogen and oxygen atoms in total.